The fourth-order valence-electron chi connectivity index (χ4n) is 1.71. The fourth-order valence-corrected chi connectivity index (χ4v) is 1.71. The predicted octanol–water partition coefficient (Wildman–Crippen LogP) is 2.13. The van der Waals surface area contributed by atoms with Crippen LogP contribution in [0.1, 0.15) is 47.5 Å². The molecule has 0 bridgehead atoms. The van der Waals surface area contributed by atoms with Gasteiger partial charge in [-0.25, -0.2) is 0 Å². The van der Waals surface area contributed by atoms with E-state index in [0.717, 1.165) is 32.5 Å². The fraction of sp³-hybridized carbons (Fsp3) is 1.00. The van der Waals surface area contributed by atoms with Crippen LogP contribution in [0.4, 0.5) is 0 Å². The number of aliphatic hydroxyl groups is 2. The number of hydrogen-bond donors (Lipinski definition) is 2. The molecule has 1 fully saturated rings. The third-order valence-electron chi connectivity index (χ3n) is 3.03. The van der Waals surface area contributed by atoms with Crippen molar-refractivity contribution in [2.24, 2.45) is 5.41 Å². The van der Waals surface area contributed by atoms with Gasteiger partial charge in [-0.05, 0) is 32.5 Å². The Kier molecular flexibility index (Phi) is 13.0. The molecule has 0 radical (unpaired) electrons. The van der Waals surface area contributed by atoms with Gasteiger partial charge in [0.1, 0.15) is 0 Å². The molecule has 0 unspecified atom stereocenters. The van der Waals surface area contributed by atoms with Gasteiger partial charge in [0.15, 0.2) is 0 Å². The van der Waals surface area contributed by atoms with Crippen molar-refractivity contribution in [3.63, 3.8) is 0 Å². The molecule has 3 heteroatoms. The highest BCUT2D eigenvalue weighted by Crippen LogP contribution is 2.29. The van der Waals surface area contributed by atoms with Crippen LogP contribution in [0.3, 0.4) is 0 Å². The summed E-state index contributed by atoms with van der Waals surface area (Å²) in [6, 6.07) is 0. The zero-order valence-corrected chi connectivity index (χ0v) is 11.8. The van der Waals surface area contributed by atoms with Gasteiger partial charge in [0.05, 0.1) is 13.2 Å². The molecule has 1 saturated heterocycles. The average molecular weight is 233 g/mol. The molecule has 1 aliphatic heterocycles. The third kappa shape index (κ3) is 5.83. The summed E-state index contributed by atoms with van der Waals surface area (Å²) in [4.78, 5) is 2.35. The summed E-state index contributed by atoms with van der Waals surface area (Å²) in [5, 5.41) is 18.2. The highest BCUT2D eigenvalue weighted by atomic mass is 16.3. The summed E-state index contributed by atoms with van der Waals surface area (Å²) >= 11 is 0. The van der Waals surface area contributed by atoms with E-state index in [9.17, 15) is 0 Å². The number of piperidine rings is 1. The summed E-state index contributed by atoms with van der Waals surface area (Å²) in [7, 11) is 0. The van der Waals surface area contributed by atoms with Crippen molar-refractivity contribution in [3.8, 4) is 0 Å². The zero-order valence-electron chi connectivity index (χ0n) is 11.8. The monoisotopic (exact) mass is 233 g/mol. The van der Waals surface area contributed by atoms with E-state index in [1.165, 1.54) is 0 Å². The molecule has 0 aliphatic carbocycles. The van der Waals surface area contributed by atoms with E-state index in [1.54, 1.807) is 0 Å². The van der Waals surface area contributed by atoms with Crippen molar-refractivity contribution in [1.82, 2.24) is 4.90 Å². The first-order valence-corrected chi connectivity index (χ1v) is 6.70. The number of aliphatic hydroxyl groups excluding tert-OH is 2. The standard InChI is InChI=1S/C9H19NO2.2C2H6/c1-2-10-5-3-9(7-11,8-12)4-6-10;2*1-2/h11-12H,2-8H2,1H3;2*1-2H3. The van der Waals surface area contributed by atoms with Gasteiger partial charge >= 0.3 is 0 Å². The largest absolute Gasteiger partial charge is 0.396 e. The second-order valence-corrected chi connectivity index (χ2v) is 3.75. The summed E-state index contributed by atoms with van der Waals surface area (Å²) in [6.45, 7) is 13.5. The first kappa shape index (κ1) is 18.3. The Bertz CT molecular complexity index is 126. The molecule has 16 heavy (non-hydrogen) atoms. The van der Waals surface area contributed by atoms with Gasteiger partial charge in [0.2, 0.25) is 0 Å². The highest BCUT2D eigenvalue weighted by Gasteiger charge is 2.32. The van der Waals surface area contributed by atoms with Gasteiger partial charge in [-0.2, -0.15) is 0 Å². The Morgan fingerprint density at radius 1 is 0.938 bits per heavy atom. The minimum absolute atomic E-state index is 0.126. The van der Waals surface area contributed by atoms with Gasteiger partial charge in [0, 0.05) is 5.41 Å². The Morgan fingerprint density at radius 2 is 1.31 bits per heavy atom. The lowest BCUT2D eigenvalue weighted by atomic mass is 9.80. The molecule has 1 aliphatic rings. The first-order valence-electron chi connectivity index (χ1n) is 6.70. The molecule has 1 rings (SSSR count). The molecular weight excluding hydrogens is 202 g/mol. The van der Waals surface area contributed by atoms with Crippen molar-refractivity contribution in [1.29, 1.82) is 0 Å². The van der Waals surface area contributed by atoms with E-state index in [4.69, 9.17) is 10.2 Å². The van der Waals surface area contributed by atoms with E-state index in [0.29, 0.717) is 0 Å². The number of rotatable bonds is 3. The second kappa shape index (κ2) is 11.4. The maximum absolute atomic E-state index is 9.12. The summed E-state index contributed by atoms with van der Waals surface area (Å²) in [5.41, 5.74) is -0.189. The normalized spacial score (nSPS) is 18.9. The van der Waals surface area contributed by atoms with Crippen molar-refractivity contribution in [2.75, 3.05) is 32.8 Å². The lowest BCUT2D eigenvalue weighted by molar-refractivity contribution is -0.0000842. The first-order chi connectivity index (χ1) is 7.76. The molecule has 0 spiro atoms. The maximum Gasteiger partial charge on any atom is 0.0510 e. The average Bonchev–Trinajstić information content (AvgIpc) is 2.43. The molecule has 0 amide bonds. The summed E-state index contributed by atoms with van der Waals surface area (Å²) in [6.07, 6.45) is 1.85. The van der Waals surface area contributed by atoms with E-state index in [-0.39, 0.29) is 18.6 Å². The van der Waals surface area contributed by atoms with Crippen LogP contribution >= 0.6 is 0 Å². The van der Waals surface area contributed by atoms with E-state index >= 15 is 0 Å². The van der Waals surface area contributed by atoms with E-state index < -0.39 is 0 Å². The second-order valence-electron chi connectivity index (χ2n) is 3.75. The number of nitrogens with zero attached hydrogens (tertiary/aromatic N) is 1. The molecule has 2 N–H and O–H groups in total. The zero-order chi connectivity index (χ0) is 13.0. The molecule has 0 aromatic carbocycles. The molecule has 0 aromatic rings. The quantitative estimate of drug-likeness (QED) is 0.785. The molecule has 100 valence electrons. The molecule has 0 aromatic heterocycles. The van der Waals surface area contributed by atoms with Crippen LogP contribution in [-0.2, 0) is 0 Å². The number of likely N-dealkylation sites (tertiary alicyclic amines) is 1. The topological polar surface area (TPSA) is 43.7 Å². The van der Waals surface area contributed by atoms with Crippen LogP contribution in [0, 0.1) is 5.41 Å². The third-order valence-corrected chi connectivity index (χ3v) is 3.03. The Hall–Kier alpha value is -0.120. The predicted molar refractivity (Wildman–Crippen MR) is 70.6 cm³/mol. The van der Waals surface area contributed by atoms with E-state index in [1.807, 2.05) is 27.7 Å². The van der Waals surface area contributed by atoms with Crippen LogP contribution in [-0.4, -0.2) is 48.0 Å². The van der Waals surface area contributed by atoms with Crippen LogP contribution in [0.2, 0.25) is 0 Å². The van der Waals surface area contributed by atoms with Crippen molar-refractivity contribution in [3.05, 3.63) is 0 Å². The number of hydrogen-bond acceptors (Lipinski definition) is 3. The molecule has 3 nitrogen and oxygen atoms in total. The Balaban J connectivity index is 0. The maximum atomic E-state index is 9.12. The Morgan fingerprint density at radius 3 is 1.56 bits per heavy atom. The minimum Gasteiger partial charge on any atom is -0.396 e. The highest BCUT2D eigenvalue weighted by molar-refractivity contribution is 4.84. The van der Waals surface area contributed by atoms with Crippen molar-refractivity contribution in [2.45, 2.75) is 47.5 Å². The lowest BCUT2D eigenvalue weighted by Crippen LogP contribution is -2.43. The Labute approximate surface area is 101 Å². The van der Waals surface area contributed by atoms with Crippen LogP contribution in [0.15, 0.2) is 0 Å². The van der Waals surface area contributed by atoms with Crippen LogP contribution < -0.4 is 0 Å². The molecular formula is C13H31NO2. The van der Waals surface area contributed by atoms with Gasteiger partial charge in [-0.1, -0.05) is 34.6 Å². The van der Waals surface area contributed by atoms with Crippen LogP contribution in [0.25, 0.3) is 0 Å². The van der Waals surface area contributed by atoms with Gasteiger partial charge in [-0.15, -0.1) is 0 Å². The van der Waals surface area contributed by atoms with Gasteiger partial charge < -0.3 is 15.1 Å². The molecule has 0 saturated carbocycles. The minimum atomic E-state index is -0.189. The summed E-state index contributed by atoms with van der Waals surface area (Å²) in [5.74, 6) is 0. The van der Waals surface area contributed by atoms with Gasteiger partial charge in [0.25, 0.3) is 0 Å². The lowest BCUT2D eigenvalue weighted by Gasteiger charge is -2.39. The smallest absolute Gasteiger partial charge is 0.0510 e. The summed E-state index contributed by atoms with van der Waals surface area (Å²) < 4.78 is 0. The molecule has 1 heterocycles. The van der Waals surface area contributed by atoms with Crippen molar-refractivity contribution >= 4 is 0 Å². The molecule has 0 atom stereocenters. The van der Waals surface area contributed by atoms with Gasteiger partial charge in [-0.3, -0.25) is 0 Å². The van der Waals surface area contributed by atoms with Crippen molar-refractivity contribution < 1.29 is 10.2 Å². The SMILES string of the molecule is CC.CC.CCN1CCC(CO)(CO)CC1. The van der Waals surface area contributed by atoms with Crippen LogP contribution in [0.5, 0.6) is 0 Å². The van der Waals surface area contributed by atoms with E-state index in [2.05, 4.69) is 11.8 Å².